The molecule has 1 aromatic rings. The highest BCUT2D eigenvalue weighted by Gasteiger charge is 2.28. The molecular formula is C18H27NO3. The molecule has 0 radical (unpaired) electrons. The quantitative estimate of drug-likeness (QED) is 0.601. The molecule has 0 aromatic heterocycles. The van der Waals surface area contributed by atoms with E-state index in [4.69, 9.17) is 4.74 Å². The van der Waals surface area contributed by atoms with Gasteiger partial charge in [-0.25, -0.2) is 0 Å². The first-order valence-electron chi connectivity index (χ1n) is 8.29. The molecule has 4 heteroatoms. The molecule has 2 rings (SSSR count). The Morgan fingerprint density at radius 3 is 2.50 bits per heavy atom. The van der Waals surface area contributed by atoms with Gasteiger partial charge in [-0.2, -0.15) is 0 Å². The fraction of sp³-hybridized carbons (Fsp3) is 0.611. The fourth-order valence-corrected chi connectivity index (χ4v) is 2.88. The lowest BCUT2D eigenvalue weighted by atomic mass is 9.94. The molecule has 0 aliphatic heterocycles. The molecule has 1 saturated carbocycles. The smallest absolute Gasteiger partial charge is 0.246 e. The number of hydrogen-bond acceptors (Lipinski definition) is 3. The molecule has 0 bridgehead atoms. The Kier molecular flexibility index (Phi) is 6.87. The third-order valence-electron chi connectivity index (χ3n) is 4.26. The van der Waals surface area contributed by atoms with Gasteiger partial charge in [-0.15, -0.1) is 0 Å². The molecule has 22 heavy (non-hydrogen) atoms. The lowest BCUT2D eigenvalue weighted by Gasteiger charge is -2.26. The Morgan fingerprint density at radius 1 is 1.14 bits per heavy atom. The second-order valence-corrected chi connectivity index (χ2v) is 6.20. The Morgan fingerprint density at radius 2 is 1.82 bits per heavy atom. The van der Waals surface area contributed by atoms with Crippen LogP contribution >= 0.6 is 0 Å². The average Bonchev–Trinajstić information content (AvgIpc) is 2.76. The number of amides is 1. The van der Waals surface area contributed by atoms with E-state index in [1.165, 1.54) is 18.4 Å². The number of rotatable bonds is 7. The molecule has 1 aliphatic carbocycles. The molecule has 1 aromatic carbocycles. The highest BCUT2D eigenvalue weighted by atomic mass is 16.5. The van der Waals surface area contributed by atoms with E-state index in [2.05, 4.69) is 5.32 Å². The third kappa shape index (κ3) is 6.16. The van der Waals surface area contributed by atoms with Gasteiger partial charge in [0.25, 0.3) is 0 Å². The molecule has 2 N–H and O–H groups in total. The number of benzene rings is 1. The highest BCUT2D eigenvalue weighted by molar-refractivity contribution is 5.77. The summed E-state index contributed by atoms with van der Waals surface area (Å²) in [7, 11) is 0. The molecule has 0 saturated heterocycles. The van der Waals surface area contributed by atoms with Crippen LogP contribution in [0.1, 0.15) is 44.1 Å². The molecule has 1 fully saturated rings. The van der Waals surface area contributed by atoms with Gasteiger partial charge in [0.05, 0.1) is 12.2 Å². The summed E-state index contributed by atoms with van der Waals surface area (Å²) >= 11 is 0. The fourth-order valence-electron chi connectivity index (χ4n) is 2.88. The minimum Gasteiger partial charge on any atom is -0.388 e. The maximum atomic E-state index is 11.8. The van der Waals surface area contributed by atoms with Crippen molar-refractivity contribution in [1.29, 1.82) is 0 Å². The van der Waals surface area contributed by atoms with Crippen LogP contribution in [0.2, 0.25) is 0 Å². The zero-order valence-electron chi connectivity index (χ0n) is 13.2. The van der Waals surface area contributed by atoms with Gasteiger partial charge >= 0.3 is 0 Å². The van der Waals surface area contributed by atoms with Gasteiger partial charge in [0.1, 0.15) is 6.61 Å². The predicted octanol–water partition coefficient (Wildman–Crippen LogP) is 2.45. The summed E-state index contributed by atoms with van der Waals surface area (Å²) in [5.41, 5.74) is 0.478. The van der Waals surface area contributed by atoms with Crippen LogP contribution in [-0.2, 0) is 16.0 Å². The summed E-state index contributed by atoms with van der Waals surface area (Å²) < 4.78 is 5.40. The van der Waals surface area contributed by atoms with Crippen LogP contribution in [0.5, 0.6) is 0 Å². The van der Waals surface area contributed by atoms with Crippen molar-refractivity contribution in [1.82, 2.24) is 5.32 Å². The van der Waals surface area contributed by atoms with E-state index >= 15 is 0 Å². The van der Waals surface area contributed by atoms with Gasteiger partial charge in [0.15, 0.2) is 0 Å². The molecule has 122 valence electrons. The first kappa shape index (κ1) is 17.0. The second-order valence-electron chi connectivity index (χ2n) is 6.20. The van der Waals surface area contributed by atoms with Gasteiger partial charge in [-0.05, 0) is 24.8 Å². The number of carbonyl (C=O) groups excluding carboxylic acids is 1. The summed E-state index contributed by atoms with van der Waals surface area (Å²) in [6, 6.07) is 10.1. The van der Waals surface area contributed by atoms with Crippen LogP contribution in [0.3, 0.4) is 0 Å². The van der Waals surface area contributed by atoms with E-state index in [0.717, 1.165) is 32.1 Å². The summed E-state index contributed by atoms with van der Waals surface area (Å²) in [4.78, 5) is 11.8. The first-order valence-corrected chi connectivity index (χ1v) is 8.29. The Hall–Kier alpha value is -1.39. The highest BCUT2D eigenvalue weighted by Crippen LogP contribution is 2.26. The van der Waals surface area contributed by atoms with E-state index in [1.54, 1.807) is 0 Å². The van der Waals surface area contributed by atoms with E-state index < -0.39 is 5.60 Å². The predicted molar refractivity (Wildman–Crippen MR) is 86.6 cm³/mol. The van der Waals surface area contributed by atoms with Crippen molar-refractivity contribution in [2.75, 3.05) is 19.8 Å². The van der Waals surface area contributed by atoms with Crippen molar-refractivity contribution < 1.29 is 14.6 Å². The minimum absolute atomic E-state index is 0.0584. The SMILES string of the molecule is O=C(COCCc1ccccc1)NCC1(O)CCCCCC1. The first-order chi connectivity index (χ1) is 10.7. The van der Waals surface area contributed by atoms with Crippen molar-refractivity contribution in [3.63, 3.8) is 0 Å². The molecule has 0 atom stereocenters. The molecular weight excluding hydrogens is 278 g/mol. The van der Waals surface area contributed by atoms with Gasteiger partial charge in [0.2, 0.25) is 5.91 Å². The average molecular weight is 305 g/mol. The number of hydrogen-bond donors (Lipinski definition) is 2. The van der Waals surface area contributed by atoms with Crippen LogP contribution < -0.4 is 5.32 Å². The van der Waals surface area contributed by atoms with E-state index in [-0.39, 0.29) is 12.5 Å². The second kappa shape index (κ2) is 8.91. The van der Waals surface area contributed by atoms with Gasteiger partial charge < -0.3 is 15.2 Å². The molecule has 1 aliphatic rings. The van der Waals surface area contributed by atoms with Crippen molar-refractivity contribution in [3.8, 4) is 0 Å². The number of nitrogens with one attached hydrogen (secondary N) is 1. The zero-order valence-corrected chi connectivity index (χ0v) is 13.2. The summed E-state index contributed by atoms with van der Waals surface area (Å²) in [6.07, 6.45) is 6.81. The summed E-state index contributed by atoms with van der Waals surface area (Å²) in [6.45, 7) is 0.929. The maximum Gasteiger partial charge on any atom is 0.246 e. The molecule has 1 amide bonds. The lowest BCUT2D eigenvalue weighted by Crippen LogP contribution is -2.43. The van der Waals surface area contributed by atoms with Crippen LogP contribution in [0.25, 0.3) is 0 Å². The van der Waals surface area contributed by atoms with Crippen molar-refractivity contribution in [2.45, 2.75) is 50.5 Å². The monoisotopic (exact) mass is 305 g/mol. The van der Waals surface area contributed by atoms with Gasteiger partial charge in [-0.3, -0.25) is 4.79 Å². The standard InChI is InChI=1S/C18H27NO3/c20-17(14-22-13-10-16-8-4-3-5-9-16)19-15-18(21)11-6-1-2-7-12-18/h3-5,8-9,21H,1-2,6-7,10-15H2,(H,19,20). The molecule has 0 unspecified atom stereocenters. The Balaban J connectivity index is 1.59. The van der Waals surface area contributed by atoms with Gasteiger partial charge in [0, 0.05) is 6.54 Å². The topological polar surface area (TPSA) is 58.6 Å². The number of aliphatic hydroxyl groups is 1. The van der Waals surface area contributed by atoms with E-state index in [0.29, 0.717) is 13.2 Å². The number of carbonyl (C=O) groups is 1. The molecule has 0 heterocycles. The number of ether oxygens (including phenoxy) is 1. The third-order valence-corrected chi connectivity index (χ3v) is 4.26. The van der Waals surface area contributed by atoms with E-state index in [9.17, 15) is 9.90 Å². The minimum atomic E-state index is -0.726. The van der Waals surface area contributed by atoms with Crippen LogP contribution in [0, 0.1) is 0 Å². The van der Waals surface area contributed by atoms with Crippen LogP contribution in [0.4, 0.5) is 0 Å². The molecule has 0 spiro atoms. The summed E-state index contributed by atoms with van der Waals surface area (Å²) in [5.74, 6) is -0.147. The zero-order chi connectivity index (χ0) is 15.7. The maximum absolute atomic E-state index is 11.8. The van der Waals surface area contributed by atoms with Crippen molar-refractivity contribution >= 4 is 5.91 Å². The Labute approximate surface area is 132 Å². The summed E-state index contributed by atoms with van der Waals surface area (Å²) in [5, 5.41) is 13.3. The van der Waals surface area contributed by atoms with Crippen LogP contribution in [-0.4, -0.2) is 36.4 Å². The largest absolute Gasteiger partial charge is 0.388 e. The van der Waals surface area contributed by atoms with Crippen molar-refractivity contribution in [2.24, 2.45) is 0 Å². The molecule has 4 nitrogen and oxygen atoms in total. The lowest BCUT2D eigenvalue weighted by molar-refractivity contribution is -0.127. The van der Waals surface area contributed by atoms with Gasteiger partial charge in [-0.1, -0.05) is 56.0 Å². The normalized spacial score (nSPS) is 17.7. The van der Waals surface area contributed by atoms with Crippen molar-refractivity contribution in [3.05, 3.63) is 35.9 Å². The Bertz CT molecular complexity index is 439. The van der Waals surface area contributed by atoms with Crippen LogP contribution in [0.15, 0.2) is 30.3 Å². The van der Waals surface area contributed by atoms with E-state index in [1.807, 2.05) is 30.3 Å².